The first kappa shape index (κ1) is 16.2. The number of nitrogens with one attached hydrogen (secondary N) is 1. The molecule has 0 amide bonds. The molecule has 0 aromatic heterocycles. The van der Waals surface area contributed by atoms with Crippen LogP contribution in [0.3, 0.4) is 0 Å². The van der Waals surface area contributed by atoms with Gasteiger partial charge in [-0.2, -0.15) is 0 Å². The van der Waals surface area contributed by atoms with Crippen molar-refractivity contribution in [2.24, 2.45) is 5.92 Å². The summed E-state index contributed by atoms with van der Waals surface area (Å²) in [5, 5.41) is 3.63. The zero-order valence-electron chi connectivity index (χ0n) is 13.4. The summed E-state index contributed by atoms with van der Waals surface area (Å²) < 4.78 is 0. The van der Waals surface area contributed by atoms with Crippen LogP contribution in [0.4, 0.5) is 0 Å². The van der Waals surface area contributed by atoms with Crippen LogP contribution in [0.5, 0.6) is 0 Å². The van der Waals surface area contributed by atoms with E-state index in [9.17, 15) is 0 Å². The summed E-state index contributed by atoms with van der Waals surface area (Å²) in [6.07, 6.45) is 3.70. The Labute approximate surface area is 119 Å². The average molecular weight is 261 g/mol. The van der Waals surface area contributed by atoms with Crippen molar-refractivity contribution in [2.45, 2.75) is 65.8 Å². The number of hydrogen-bond acceptors (Lipinski definition) is 1. The molecule has 1 aromatic carbocycles. The average Bonchev–Trinajstić information content (AvgIpc) is 2.46. The molecule has 0 fully saturated rings. The van der Waals surface area contributed by atoms with Crippen molar-refractivity contribution < 1.29 is 0 Å². The van der Waals surface area contributed by atoms with E-state index in [0.29, 0.717) is 12.0 Å². The van der Waals surface area contributed by atoms with E-state index >= 15 is 0 Å². The molecule has 0 aliphatic carbocycles. The fourth-order valence-electron chi connectivity index (χ4n) is 2.45. The van der Waals surface area contributed by atoms with Crippen molar-refractivity contribution in [3.8, 4) is 0 Å². The molecule has 0 saturated carbocycles. The molecule has 0 spiro atoms. The largest absolute Gasteiger partial charge is 0.310 e. The van der Waals surface area contributed by atoms with Gasteiger partial charge in [-0.1, -0.05) is 65.3 Å². The lowest BCUT2D eigenvalue weighted by Gasteiger charge is -2.22. The molecule has 0 bridgehead atoms. The predicted molar refractivity (Wildman–Crippen MR) is 85.6 cm³/mol. The van der Waals surface area contributed by atoms with E-state index in [1.807, 2.05) is 0 Å². The second-order valence-electron chi connectivity index (χ2n) is 5.84. The van der Waals surface area contributed by atoms with Gasteiger partial charge in [0.1, 0.15) is 0 Å². The Kier molecular flexibility index (Phi) is 7.15. The molecule has 3 unspecified atom stereocenters. The van der Waals surface area contributed by atoms with Gasteiger partial charge in [-0.3, -0.25) is 0 Å². The molecular formula is C18H31N. The van der Waals surface area contributed by atoms with Crippen molar-refractivity contribution in [1.82, 2.24) is 5.32 Å². The minimum Gasteiger partial charge on any atom is -0.310 e. The molecule has 1 nitrogen and oxygen atoms in total. The number of rotatable bonds is 8. The Balaban J connectivity index is 2.78. The minimum absolute atomic E-state index is 0.505. The normalized spacial score (nSPS) is 16.1. The third-order valence-electron chi connectivity index (χ3n) is 4.31. The van der Waals surface area contributed by atoms with Gasteiger partial charge in [0.2, 0.25) is 0 Å². The summed E-state index contributed by atoms with van der Waals surface area (Å²) in [6.45, 7) is 12.4. The van der Waals surface area contributed by atoms with Crippen LogP contribution < -0.4 is 5.32 Å². The van der Waals surface area contributed by atoms with E-state index < -0.39 is 0 Å². The lowest BCUT2D eigenvalue weighted by atomic mass is 9.91. The number of benzene rings is 1. The summed E-state index contributed by atoms with van der Waals surface area (Å²) in [6, 6.07) is 9.76. The van der Waals surface area contributed by atoms with Crippen LogP contribution in [-0.2, 0) is 0 Å². The van der Waals surface area contributed by atoms with E-state index in [1.165, 1.54) is 30.4 Å². The van der Waals surface area contributed by atoms with Gasteiger partial charge < -0.3 is 5.32 Å². The quantitative estimate of drug-likeness (QED) is 0.670. The minimum atomic E-state index is 0.505. The Hall–Kier alpha value is -0.820. The maximum atomic E-state index is 3.63. The maximum Gasteiger partial charge on any atom is 0.0322 e. The SMILES string of the molecule is CCNC(CC(C)CC)c1ccc(C(C)CC)cc1. The molecule has 0 saturated heterocycles. The highest BCUT2D eigenvalue weighted by Crippen LogP contribution is 2.25. The van der Waals surface area contributed by atoms with Crippen molar-refractivity contribution in [1.29, 1.82) is 0 Å². The van der Waals surface area contributed by atoms with Gasteiger partial charge in [0.05, 0.1) is 0 Å². The summed E-state index contributed by atoms with van der Waals surface area (Å²) in [4.78, 5) is 0. The Morgan fingerprint density at radius 3 is 1.95 bits per heavy atom. The molecule has 108 valence electrons. The van der Waals surface area contributed by atoms with Crippen LogP contribution in [0.25, 0.3) is 0 Å². The predicted octanol–water partition coefficient (Wildman–Crippen LogP) is 5.29. The van der Waals surface area contributed by atoms with Gasteiger partial charge in [-0.25, -0.2) is 0 Å². The van der Waals surface area contributed by atoms with Gasteiger partial charge in [0.15, 0.2) is 0 Å². The summed E-state index contributed by atoms with van der Waals surface area (Å²) in [5.74, 6) is 1.44. The van der Waals surface area contributed by atoms with Gasteiger partial charge in [0.25, 0.3) is 0 Å². The van der Waals surface area contributed by atoms with Crippen LogP contribution in [0.1, 0.15) is 77.0 Å². The van der Waals surface area contributed by atoms with E-state index in [2.05, 4.69) is 64.2 Å². The first-order valence-corrected chi connectivity index (χ1v) is 7.95. The highest BCUT2D eigenvalue weighted by molar-refractivity contribution is 5.27. The Morgan fingerprint density at radius 2 is 1.47 bits per heavy atom. The fourth-order valence-corrected chi connectivity index (χ4v) is 2.45. The molecule has 1 rings (SSSR count). The van der Waals surface area contributed by atoms with Crippen LogP contribution in [0.15, 0.2) is 24.3 Å². The summed E-state index contributed by atoms with van der Waals surface area (Å²) in [7, 11) is 0. The van der Waals surface area contributed by atoms with Crippen molar-refractivity contribution in [3.05, 3.63) is 35.4 Å². The monoisotopic (exact) mass is 261 g/mol. The molecule has 1 N–H and O–H groups in total. The van der Waals surface area contributed by atoms with E-state index in [-0.39, 0.29) is 0 Å². The zero-order chi connectivity index (χ0) is 14.3. The highest BCUT2D eigenvalue weighted by Gasteiger charge is 2.14. The lowest BCUT2D eigenvalue weighted by Crippen LogP contribution is -2.22. The molecule has 0 radical (unpaired) electrons. The van der Waals surface area contributed by atoms with Gasteiger partial charge >= 0.3 is 0 Å². The summed E-state index contributed by atoms with van der Waals surface area (Å²) in [5.41, 5.74) is 2.90. The number of hydrogen-bond donors (Lipinski definition) is 1. The molecule has 0 aliphatic heterocycles. The maximum absolute atomic E-state index is 3.63. The van der Waals surface area contributed by atoms with Gasteiger partial charge in [-0.05, 0) is 42.3 Å². The highest BCUT2D eigenvalue weighted by atomic mass is 14.9. The van der Waals surface area contributed by atoms with E-state index in [1.54, 1.807) is 0 Å². The van der Waals surface area contributed by atoms with Crippen LogP contribution in [0.2, 0.25) is 0 Å². The molecule has 3 atom stereocenters. The molecule has 0 heterocycles. The Bertz CT molecular complexity index is 341. The van der Waals surface area contributed by atoms with Gasteiger partial charge in [0, 0.05) is 6.04 Å². The summed E-state index contributed by atoms with van der Waals surface area (Å²) >= 11 is 0. The van der Waals surface area contributed by atoms with E-state index in [0.717, 1.165) is 12.5 Å². The molecular weight excluding hydrogens is 230 g/mol. The first-order valence-electron chi connectivity index (χ1n) is 7.95. The smallest absolute Gasteiger partial charge is 0.0322 e. The van der Waals surface area contributed by atoms with Gasteiger partial charge in [-0.15, -0.1) is 0 Å². The third-order valence-corrected chi connectivity index (χ3v) is 4.31. The van der Waals surface area contributed by atoms with Crippen LogP contribution >= 0.6 is 0 Å². The second kappa shape index (κ2) is 8.37. The van der Waals surface area contributed by atoms with Crippen LogP contribution in [0, 0.1) is 5.92 Å². The lowest BCUT2D eigenvalue weighted by molar-refractivity contribution is 0.408. The first-order chi connectivity index (χ1) is 9.12. The van der Waals surface area contributed by atoms with Crippen LogP contribution in [-0.4, -0.2) is 6.54 Å². The third kappa shape index (κ3) is 4.99. The zero-order valence-corrected chi connectivity index (χ0v) is 13.4. The van der Waals surface area contributed by atoms with Crippen molar-refractivity contribution in [3.63, 3.8) is 0 Å². The molecule has 19 heavy (non-hydrogen) atoms. The van der Waals surface area contributed by atoms with E-state index in [4.69, 9.17) is 0 Å². The topological polar surface area (TPSA) is 12.0 Å². The molecule has 0 aliphatic rings. The molecule has 1 heteroatoms. The second-order valence-corrected chi connectivity index (χ2v) is 5.84. The molecule has 1 aromatic rings. The van der Waals surface area contributed by atoms with Crippen molar-refractivity contribution >= 4 is 0 Å². The standard InChI is InChI=1S/C18H31N/c1-6-14(4)13-18(19-8-3)17-11-9-16(10-12-17)15(5)7-2/h9-12,14-15,18-19H,6-8,13H2,1-5H3. The fraction of sp³-hybridized carbons (Fsp3) is 0.667. The Morgan fingerprint density at radius 1 is 0.895 bits per heavy atom. The van der Waals surface area contributed by atoms with Crippen molar-refractivity contribution in [2.75, 3.05) is 6.54 Å².